The highest BCUT2D eigenvalue weighted by Gasteiger charge is 2.28. The number of anilines is 1. The van der Waals surface area contributed by atoms with Gasteiger partial charge in [-0.05, 0) is 61.4 Å². The molecule has 1 aliphatic rings. The quantitative estimate of drug-likeness (QED) is 0.711. The highest BCUT2D eigenvalue weighted by atomic mass is 19.1. The third kappa shape index (κ3) is 4.37. The fourth-order valence-corrected chi connectivity index (χ4v) is 3.36. The third-order valence-electron chi connectivity index (χ3n) is 4.94. The number of amides is 2. The largest absolute Gasteiger partial charge is 0.497 e. The fraction of sp³-hybridized carbons (Fsp3) is 0.286. The molecule has 0 bridgehead atoms. The van der Waals surface area contributed by atoms with Crippen molar-refractivity contribution in [2.75, 3.05) is 25.5 Å². The number of urea groups is 1. The molecule has 0 aliphatic carbocycles. The summed E-state index contributed by atoms with van der Waals surface area (Å²) >= 11 is 0. The van der Waals surface area contributed by atoms with E-state index in [4.69, 9.17) is 9.26 Å². The number of nitrogens with zero attached hydrogens (tertiary/aromatic N) is 3. The van der Waals surface area contributed by atoms with Crippen LogP contribution in [0, 0.1) is 5.82 Å². The van der Waals surface area contributed by atoms with E-state index in [0.717, 1.165) is 18.6 Å². The Kier molecular flexibility index (Phi) is 5.41. The fourth-order valence-electron chi connectivity index (χ4n) is 3.36. The minimum Gasteiger partial charge on any atom is -0.497 e. The zero-order valence-corrected chi connectivity index (χ0v) is 16.0. The first kappa shape index (κ1) is 18.9. The lowest BCUT2D eigenvalue weighted by molar-refractivity contribution is 0.184. The van der Waals surface area contributed by atoms with E-state index in [0.29, 0.717) is 36.1 Å². The molecular formula is C21H21FN4O3. The summed E-state index contributed by atoms with van der Waals surface area (Å²) < 4.78 is 23.7. The first-order chi connectivity index (χ1) is 14.1. The molecule has 2 heterocycles. The summed E-state index contributed by atoms with van der Waals surface area (Å²) in [6.45, 7) is 1.16. The van der Waals surface area contributed by atoms with Crippen LogP contribution < -0.4 is 10.1 Å². The maximum Gasteiger partial charge on any atom is 0.321 e. The van der Waals surface area contributed by atoms with E-state index in [1.807, 2.05) is 0 Å². The monoisotopic (exact) mass is 396 g/mol. The second kappa shape index (κ2) is 8.30. The summed E-state index contributed by atoms with van der Waals surface area (Å²) in [5.41, 5.74) is 1.39. The third-order valence-corrected chi connectivity index (χ3v) is 4.94. The van der Waals surface area contributed by atoms with Gasteiger partial charge in [0.2, 0.25) is 11.7 Å². The molecule has 4 rings (SSSR count). The zero-order chi connectivity index (χ0) is 20.2. The highest BCUT2D eigenvalue weighted by Crippen LogP contribution is 2.28. The highest BCUT2D eigenvalue weighted by molar-refractivity contribution is 5.89. The number of halogens is 1. The van der Waals surface area contributed by atoms with Gasteiger partial charge in [-0.2, -0.15) is 4.98 Å². The summed E-state index contributed by atoms with van der Waals surface area (Å²) in [6, 6.07) is 13.0. The smallest absolute Gasteiger partial charge is 0.321 e. The van der Waals surface area contributed by atoms with Gasteiger partial charge in [-0.25, -0.2) is 9.18 Å². The lowest BCUT2D eigenvalue weighted by Gasteiger charge is -2.31. The van der Waals surface area contributed by atoms with E-state index in [-0.39, 0.29) is 17.8 Å². The van der Waals surface area contributed by atoms with Crippen LogP contribution in [0.3, 0.4) is 0 Å². The van der Waals surface area contributed by atoms with Crippen LogP contribution in [0.4, 0.5) is 14.9 Å². The van der Waals surface area contributed by atoms with Gasteiger partial charge in [-0.3, -0.25) is 0 Å². The van der Waals surface area contributed by atoms with Crippen molar-refractivity contribution >= 4 is 11.7 Å². The lowest BCUT2D eigenvalue weighted by atomic mass is 9.98. The molecule has 2 amide bonds. The Morgan fingerprint density at radius 1 is 1.21 bits per heavy atom. The molecule has 2 aromatic carbocycles. The molecule has 1 atom stereocenters. The number of carbonyl (C=O) groups excluding carboxylic acids is 1. The minimum absolute atomic E-state index is 0.0351. The number of ether oxygens (including phenoxy) is 1. The van der Waals surface area contributed by atoms with Gasteiger partial charge in [0, 0.05) is 24.3 Å². The van der Waals surface area contributed by atoms with Crippen molar-refractivity contribution in [3.63, 3.8) is 0 Å². The molecule has 0 radical (unpaired) electrons. The summed E-state index contributed by atoms with van der Waals surface area (Å²) in [7, 11) is 1.60. The summed E-state index contributed by atoms with van der Waals surface area (Å²) in [4.78, 5) is 18.8. The maximum atomic E-state index is 13.1. The Labute approximate surface area is 167 Å². The minimum atomic E-state index is -0.316. The molecule has 0 unspecified atom stereocenters. The van der Waals surface area contributed by atoms with Crippen LogP contribution in [0.15, 0.2) is 53.1 Å². The van der Waals surface area contributed by atoms with E-state index in [1.165, 1.54) is 12.1 Å². The number of nitrogens with one attached hydrogen (secondary N) is 1. The van der Waals surface area contributed by atoms with Crippen molar-refractivity contribution in [1.29, 1.82) is 0 Å². The lowest BCUT2D eigenvalue weighted by Crippen LogP contribution is -2.41. The average molecular weight is 396 g/mol. The van der Waals surface area contributed by atoms with Crippen molar-refractivity contribution < 1.29 is 18.4 Å². The number of hydrogen-bond donors (Lipinski definition) is 1. The van der Waals surface area contributed by atoms with Gasteiger partial charge in [-0.15, -0.1) is 0 Å². The molecule has 1 aromatic heterocycles. The molecule has 150 valence electrons. The second-order valence-electron chi connectivity index (χ2n) is 6.91. The molecule has 3 aromatic rings. The van der Waals surface area contributed by atoms with Crippen LogP contribution in [0.1, 0.15) is 24.7 Å². The molecule has 0 spiro atoms. The predicted molar refractivity (Wildman–Crippen MR) is 105 cm³/mol. The van der Waals surface area contributed by atoms with Gasteiger partial charge in [-0.1, -0.05) is 5.16 Å². The van der Waals surface area contributed by atoms with Crippen molar-refractivity contribution in [2.24, 2.45) is 0 Å². The van der Waals surface area contributed by atoms with Gasteiger partial charge >= 0.3 is 6.03 Å². The SMILES string of the molecule is COc1ccc(NC(=O)N2CCC[C@@H](c3nc(-c4ccc(F)cc4)no3)C2)cc1. The number of carbonyl (C=O) groups is 1. The number of piperidine rings is 1. The van der Waals surface area contributed by atoms with Crippen LogP contribution in [-0.2, 0) is 0 Å². The number of hydrogen-bond acceptors (Lipinski definition) is 5. The standard InChI is InChI=1S/C21H21FN4O3/c1-28-18-10-8-17(9-11-18)23-21(27)26-12-2-3-15(13-26)20-24-19(25-29-20)14-4-6-16(22)7-5-14/h4-11,15H,2-3,12-13H2,1H3,(H,23,27)/t15-/m1/s1. The van der Waals surface area contributed by atoms with E-state index in [9.17, 15) is 9.18 Å². The molecule has 0 saturated carbocycles. The summed E-state index contributed by atoms with van der Waals surface area (Å²) in [6.07, 6.45) is 1.70. The second-order valence-corrected chi connectivity index (χ2v) is 6.91. The van der Waals surface area contributed by atoms with Crippen LogP contribution in [0.2, 0.25) is 0 Å². The maximum absolute atomic E-state index is 13.1. The molecule has 1 saturated heterocycles. The molecule has 1 fully saturated rings. The van der Waals surface area contributed by atoms with Crippen LogP contribution >= 0.6 is 0 Å². The number of aromatic nitrogens is 2. The molecule has 1 aliphatic heterocycles. The zero-order valence-electron chi connectivity index (χ0n) is 16.0. The Morgan fingerprint density at radius 3 is 2.69 bits per heavy atom. The molecule has 1 N–H and O–H groups in total. The molecular weight excluding hydrogens is 375 g/mol. The van der Waals surface area contributed by atoms with E-state index < -0.39 is 0 Å². The van der Waals surface area contributed by atoms with Gasteiger partial charge in [0.25, 0.3) is 0 Å². The number of rotatable bonds is 4. The van der Waals surface area contributed by atoms with Crippen molar-refractivity contribution in [3.8, 4) is 17.1 Å². The number of benzene rings is 2. The number of likely N-dealkylation sites (tertiary alicyclic amines) is 1. The van der Waals surface area contributed by atoms with E-state index >= 15 is 0 Å². The molecule has 29 heavy (non-hydrogen) atoms. The summed E-state index contributed by atoms with van der Waals surface area (Å²) in [5, 5.41) is 6.91. The molecule has 7 nitrogen and oxygen atoms in total. The Balaban J connectivity index is 1.41. The predicted octanol–water partition coefficient (Wildman–Crippen LogP) is 4.30. The van der Waals surface area contributed by atoms with Crippen molar-refractivity contribution in [3.05, 3.63) is 60.2 Å². The van der Waals surface area contributed by atoms with E-state index in [2.05, 4.69) is 15.5 Å². The van der Waals surface area contributed by atoms with Crippen LogP contribution in [-0.4, -0.2) is 41.3 Å². The first-order valence-electron chi connectivity index (χ1n) is 9.42. The topological polar surface area (TPSA) is 80.5 Å². The van der Waals surface area contributed by atoms with Crippen LogP contribution in [0.5, 0.6) is 5.75 Å². The van der Waals surface area contributed by atoms with Crippen molar-refractivity contribution in [2.45, 2.75) is 18.8 Å². The van der Waals surface area contributed by atoms with Gasteiger partial charge in [0.05, 0.1) is 13.0 Å². The number of methoxy groups -OCH3 is 1. The average Bonchev–Trinajstić information content (AvgIpc) is 3.25. The van der Waals surface area contributed by atoms with Crippen LogP contribution in [0.25, 0.3) is 11.4 Å². The van der Waals surface area contributed by atoms with Gasteiger partial charge < -0.3 is 19.5 Å². The van der Waals surface area contributed by atoms with Gasteiger partial charge in [0.1, 0.15) is 11.6 Å². The van der Waals surface area contributed by atoms with E-state index in [1.54, 1.807) is 48.4 Å². The Morgan fingerprint density at radius 2 is 1.97 bits per heavy atom. The van der Waals surface area contributed by atoms with Gasteiger partial charge in [0.15, 0.2) is 0 Å². The van der Waals surface area contributed by atoms with Crippen molar-refractivity contribution in [1.82, 2.24) is 15.0 Å². The normalized spacial score (nSPS) is 16.5. The summed E-state index contributed by atoms with van der Waals surface area (Å²) in [5.74, 6) is 1.29. The molecule has 8 heteroatoms. The Hall–Kier alpha value is -3.42. The first-order valence-corrected chi connectivity index (χ1v) is 9.42. The Bertz CT molecular complexity index is 972.